The molecule has 18 heavy (non-hydrogen) atoms. The Kier molecular flexibility index (Phi) is 3.15. The molecule has 94 valence electrons. The van der Waals surface area contributed by atoms with Gasteiger partial charge in [-0.1, -0.05) is 12.7 Å². The summed E-state index contributed by atoms with van der Waals surface area (Å²) >= 11 is 0. The highest BCUT2D eigenvalue weighted by atomic mass is 16.5. The van der Waals surface area contributed by atoms with Crippen LogP contribution in [-0.2, 0) is 0 Å². The van der Waals surface area contributed by atoms with Crippen molar-refractivity contribution >= 4 is 5.57 Å². The summed E-state index contributed by atoms with van der Waals surface area (Å²) in [6.07, 6.45) is 11.2. The fraction of sp³-hybridized carbons (Fsp3) is 0.400. The van der Waals surface area contributed by atoms with Gasteiger partial charge in [-0.2, -0.15) is 0 Å². The number of nitrogens with one attached hydrogen (secondary N) is 1. The van der Waals surface area contributed by atoms with Crippen LogP contribution in [0.4, 0.5) is 0 Å². The predicted molar refractivity (Wildman–Crippen MR) is 72.2 cm³/mol. The molecule has 0 spiro atoms. The van der Waals surface area contributed by atoms with Crippen LogP contribution in [0.5, 0.6) is 5.75 Å². The highest BCUT2D eigenvalue weighted by molar-refractivity contribution is 5.69. The Morgan fingerprint density at radius 2 is 2.39 bits per heavy atom. The van der Waals surface area contributed by atoms with Crippen molar-refractivity contribution < 1.29 is 4.74 Å². The Morgan fingerprint density at radius 1 is 1.44 bits per heavy atom. The van der Waals surface area contributed by atoms with Crippen LogP contribution in [0.25, 0.3) is 5.57 Å². The Bertz CT molecular complexity index is 481. The number of aromatic nitrogens is 1. The summed E-state index contributed by atoms with van der Waals surface area (Å²) < 4.78 is 5.28. The third-order valence-corrected chi connectivity index (χ3v) is 3.81. The fourth-order valence-electron chi connectivity index (χ4n) is 2.94. The van der Waals surface area contributed by atoms with Crippen LogP contribution >= 0.6 is 0 Å². The lowest BCUT2D eigenvalue weighted by atomic mass is 9.92. The van der Waals surface area contributed by atoms with Gasteiger partial charge in [0, 0.05) is 12.2 Å². The number of allylic oxidation sites excluding steroid dienone is 1. The Hall–Kier alpha value is -1.61. The molecule has 1 aliphatic carbocycles. The normalized spacial score (nSPS) is 26.3. The van der Waals surface area contributed by atoms with E-state index in [9.17, 15) is 0 Å². The average Bonchev–Trinajstić information content (AvgIpc) is 2.83. The quantitative estimate of drug-likeness (QED) is 0.828. The summed E-state index contributed by atoms with van der Waals surface area (Å²) in [5.41, 5.74) is 2.56. The molecular weight excluding hydrogens is 224 g/mol. The molecule has 2 atom stereocenters. The van der Waals surface area contributed by atoms with Gasteiger partial charge in [-0.3, -0.25) is 4.98 Å². The molecule has 1 aromatic rings. The van der Waals surface area contributed by atoms with Gasteiger partial charge in [0.05, 0.1) is 12.5 Å². The van der Waals surface area contributed by atoms with E-state index in [0.717, 1.165) is 24.6 Å². The molecule has 0 unspecified atom stereocenters. The summed E-state index contributed by atoms with van der Waals surface area (Å²) in [4.78, 5) is 4.23. The van der Waals surface area contributed by atoms with Crippen molar-refractivity contribution in [2.24, 2.45) is 5.92 Å². The SMILES string of the molecule is C=COc1cncc(C2=C[C@@H]3NCCC[C@@H]3C2)c1. The lowest BCUT2D eigenvalue weighted by Gasteiger charge is -2.25. The monoisotopic (exact) mass is 242 g/mol. The molecule has 1 aromatic heterocycles. The van der Waals surface area contributed by atoms with E-state index in [0.29, 0.717) is 6.04 Å². The van der Waals surface area contributed by atoms with E-state index in [1.807, 2.05) is 12.3 Å². The van der Waals surface area contributed by atoms with Gasteiger partial charge in [-0.05, 0) is 48.9 Å². The van der Waals surface area contributed by atoms with E-state index in [1.165, 1.54) is 30.2 Å². The smallest absolute Gasteiger partial charge is 0.145 e. The number of hydrogen-bond acceptors (Lipinski definition) is 3. The Balaban J connectivity index is 1.82. The number of pyridine rings is 1. The highest BCUT2D eigenvalue weighted by Gasteiger charge is 2.29. The summed E-state index contributed by atoms with van der Waals surface area (Å²) in [7, 11) is 0. The van der Waals surface area contributed by atoms with Crippen LogP contribution in [-0.4, -0.2) is 17.6 Å². The van der Waals surface area contributed by atoms with E-state index in [-0.39, 0.29) is 0 Å². The predicted octanol–water partition coefficient (Wildman–Crippen LogP) is 2.76. The molecule has 3 rings (SSSR count). The van der Waals surface area contributed by atoms with E-state index < -0.39 is 0 Å². The zero-order valence-electron chi connectivity index (χ0n) is 10.4. The topological polar surface area (TPSA) is 34.1 Å². The van der Waals surface area contributed by atoms with Gasteiger partial charge in [-0.15, -0.1) is 0 Å². The number of hydrogen-bond donors (Lipinski definition) is 1. The summed E-state index contributed by atoms with van der Waals surface area (Å²) in [6, 6.07) is 2.59. The first-order chi connectivity index (χ1) is 8.86. The van der Waals surface area contributed by atoms with Crippen LogP contribution in [0.15, 0.2) is 37.4 Å². The van der Waals surface area contributed by atoms with E-state index in [2.05, 4.69) is 23.0 Å². The fourth-order valence-corrected chi connectivity index (χ4v) is 2.94. The van der Waals surface area contributed by atoms with E-state index >= 15 is 0 Å². The largest absolute Gasteiger partial charge is 0.464 e. The standard InChI is InChI=1S/C15H18N2O/c1-2-18-14-7-13(9-16-10-14)12-6-11-4-3-5-17-15(11)8-12/h2,7-11,15,17H,1,3-6H2/t11-,15+/m1/s1. The number of ether oxygens (including phenoxy) is 1. The number of fused-ring (bicyclic) bond motifs is 1. The van der Waals surface area contributed by atoms with Crippen LogP contribution in [0.2, 0.25) is 0 Å². The molecule has 1 fully saturated rings. The van der Waals surface area contributed by atoms with E-state index in [4.69, 9.17) is 4.74 Å². The molecule has 3 heteroatoms. The molecule has 0 aromatic carbocycles. The van der Waals surface area contributed by atoms with Crippen molar-refractivity contribution in [2.45, 2.75) is 25.3 Å². The lowest BCUT2D eigenvalue weighted by molar-refractivity contribution is 0.341. The van der Waals surface area contributed by atoms with Crippen LogP contribution in [0, 0.1) is 5.92 Å². The number of piperidine rings is 1. The molecular formula is C15H18N2O. The number of nitrogens with zero attached hydrogens (tertiary/aromatic N) is 1. The maximum atomic E-state index is 5.28. The minimum atomic E-state index is 0.553. The molecule has 0 bridgehead atoms. The van der Waals surface area contributed by atoms with Crippen molar-refractivity contribution in [3.05, 3.63) is 42.9 Å². The summed E-state index contributed by atoms with van der Waals surface area (Å²) in [5, 5.41) is 3.58. The van der Waals surface area contributed by atoms with Crippen molar-refractivity contribution in [1.82, 2.24) is 10.3 Å². The minimum absolute atomic E-state index is 0.553. The van der Waals surface area contributed by atoms with Crippen LogP contribution < -0.4 is 10.1 Å². The summed E-state index contributed by atoms with van der Waals surface area (Å²) in [5.74, 6) is 1.52. The first kappa shape index (κ1) is 11.5. The second-order valence-corrected chi connectivity index (χ2v) is 4.97. The molecule has 1 N–H and O–H groups in total. The van der Waals surface area contributed by atoms with Crippen molar-refractivity contribution in [3.8, 4) is 5.75 Å². The lowest BCUT2D eigenvalue weighted by Crippen LogP contribution is -2.37. The van der Waals surface area contributed by atoms with Crippen molar-refractivity contribution in [2.75, 3.05) is 6.54 Å². The second-order valence-electron chi connectivity index (χ2n) is 4.97. The van der Waals surface area contributed by atoms with Crippen LogP contribution in [0.1, 0.15) is 24.8 Å². The molecule has 1 saturated heterocycles. The minimum Gasteiger partial charge on any atom is -0.464 e. The Labute approximate surface area is 108 Å². The maximum absolute atomic E-state index is 5.28. The van der Waals surface area contributed by atoms with Crippen LogP contribution in [0.3, 0.4) is 0 Å². The van der Waals surface area contributed by atoms with Gasteiger partial charge in [0.1, 0.15) is 5.75 Å². The van der Waals surface area contributed by atoms with Crippen molar-refractivity contribution in [1.29, 1.82) is 0 Å². The molecule has 1 aliphatic heterocycles. The summed E-state index contributed by atoms with van der Waals surface area (Å²) in [6.45, 7) is 4.71. The Morgan fingerprint density at radius 3 is 3.22 bits per heavy atom. The zero-order valence-corrected chi connectivity index (χ0v) is 10.4. The first-order valence-corrected chi connectivity index (χ1v) is 6.54. The average molecular weight is 242 g/mol. The zero-order chi connectivity index (χ0) is 12.4. The van der Waals surface area contributed by atoms with Gasteiger partial charge >= 0.3 is 0 Å². The van der Waals surface area contributed by atoms with Gasteiger partial charge in [0.25, 0.3) is 0 Å². The molecule has 2 aliphatic rings. The van der Waals surface area contributed by atoms with Gasteiger partial charge in [0.15, 0.2) is 0 Å². The maximum Gasteiger partial charge on any atom is 0.145 e. The first-order valence-electron chi connectivity index (χ1n) is 6.54. The van der Waals surface area contributed by atoms with Gasteiger partial charge < -0.3 is 10.1 Å². The third kappa shape index (κ3) is 2.18. The van der Waals surface area contributed by atoms with Gasteiger partial charge in [-0.25, -0.2) is 0 Å². The molecule has 0 saturated carbocycles. The van der Waals surface area contributed by atoms with Crippen molar-refractivity contribution in [3.63, 3.8) is 0 Å². The highest BCUT2D eigenvalue weighted by Crippen LogP contribution is 2.37. The second kappa shape index (κ2) is 4.94. The number of rotatable bonds is 3. The molecule has 2 heterocycles. The molecule has 0 amide bonds. The van der Waals surface area contributed by atoms with Gasteiger partial charge in [0.2, 0.25) is 0 Å². The molecule has 3 nitrogen and oxygen atoms in total. The third-order valence-electron chi connectivity index (χ3n) is 3.81. The molecule has 0 radical (unpaired) electrons. The van der Waals surface area contributed by atoms with E-state index in [1.54, 1.807) is 6.20 Å².